The Kier molecular flexibility index (Phi) is 5.15. The summed E-state index contributed by atoms with van der Waals surface area (Å²) in [6.45, 7) is 2.91. The average molecular weight is 239 g/mol. The Morgan fingerprint density at radius 2 is 2.29 bits per heavy atom. The Hall–Kier alpha value is -1.89. The van der Waals surface area contributed by atoms with E-state index in [-0.39, 0.29) is 12.5 Å². The SMILES string of the molecule is COCCNC(=O)CNc1ncnc(N)c1C. The fraction of sp³-hybridized carbons (Fsp3) is 0.500. The molecule has 0 spiro atoms. The molecule has 94 valence electrons. The van der Waals surface area contributed by atoms with E-state index in [4.69, 9.17) is 10.5 Å². The van der Waals surface area contributed by atoms with Crippen molar-refractivity contribution in [1.29, 1.82) is 0 Å². The Balaban J connectivity index is 2.39. The van der Waals surface area contributed by atoms with Gasteiger partial charge in [-0.1, -0.05) is 0 Å². The first kappa shape index (κ1) is 13.2. The fourth-order valence-electron chi connectivity index (χ4n) is 1.16. The van der Waals surface area contributed by atoms with Crippen LogP contribution in [0, 0.1) is 6.92 Å². The van der Waals surface area contributed by atoms with Gasteiger partial charge >= 0.3 is 0 Å². The molecule has 1 rings (SSSR count). The molecule has 7 nitrogen and oxygen atoms in total. The zero-order chi connectivity index (χ0) is 12.7. The fourth-order valence-corrected chi connectivity index (χ4v) is 1.16. The van der Waals surface area contributed by atoms with Crippen LogP contribution in [0.5, 0.6) is 0 Å². The van der Waals surface area contributed by atoms with Gasteiger partial charge in [-0.05, 0) is 6.92 Å². The molecule has 0 fully saturated rings. The molecule has 0 saturated carbocycles. The van der Waals surface area contributed by atoms with Gasteiger partial charge in [0.2, 0.25) is 5.91 Å². The molecular formula is C10H17N5O2. The van der Waals surface area contributed by atoms with Crippen molar-refractivity contribution in [2.45, 2.75) is 6.92 Å². The molecule has 0 unspecified atom stereocenters. The van der Waals surface area contributed by atoms with Crippen LogP contribution in [-0.4, -0.2) is 42.7 Å². The number of nitrogens with zero attached hydrogens (tertiary/aromatic N) is 2. The summed E-state index contributed by atoms with van der Waals surface area (Å²) in [5, 5.41) is 5.58. The molecule has 0 saturated heterocycles. The third kappa shape index (κ3) is 4.23. The maximum atomic E-state index is 11.4. The summed E-state index contributed by atoms with van der Waals surface area (Å²) < 4.78 is 4.82. The minimum Gasteiger partial charge on any atom is -0.383 e. The molecule has 0 radical (unpaired) electrons. The Bertz CT molecular complexity index is 383. The molecule has 1 aromatic heterocycles. The van der Waals surface area contributed by atoms with Crippen molar-refractivity contribution in [3.05, 3.63) is 11.9 Å². The summed E-state index contributed by atoms with van der Waals surface area (Å²) in [6, 6.07) is 0. The molecule has 1 aromatic rings. The molecular weight excluding hydrogens is 222 g/mol. The number of rotatable bonds is 6. The summed E-state index contributed by atoms with van der Waals surface area (Å²) >= 11 is 0. The average Bonchev–Trinajstić information content (AvgIpc) is 2.31. The van der Waals surface area contributed by atoms with Gasteiger partial charge in [-0.25, -0.2) is 9.97 Å². The van der Waals surface area contributed by atoms with E-state index < -0.39 is 0 Å². The van der Waals surface area contributed by atoms with Crippen LogP contribution in [0.3, 0.4) is 0 Å². The summed E-state index contributed by atoms with van der Waals surface area (Å²) in [5.41, 5.74) is 6.35. The van der Waals surface area contributed by atoms with E-state index in [0.717, 1.165) is 5.56 Å². The quantitative estimate of drug-likeness (QED) is 0.581. The number of hydrogen-bond donors (Lipinski definition) is 3. The van der Waals surface area contributed by atoms with Gasteiger partial charge in [-0.2, -0.15) is 0 Å². The molecule has 0 atom stereocenters. The second-order valence-electron chi connectivity index (χ2n) is 3.43. The van der Waals surface area contributed by atoms with Crippen LogP contribution >= 0.6 is 0 Å². The standard InChI is InChI=1S/C10H17N5O2/c1-7-9(11)14-6-15-10(7)13-5-8(16)12-3-4-17-2/h6H,3-5H2,1-2H3,(H,12,16)(H3,11,13,14,15). The van der Waals surface area contributed by atoms with Gasteiger partial charge in [0, 0.05) is 19.2 Å². The predicted molar refractivity (Wildman–Crippen MR) is 64.6 cm³/mol. The van der Waals surface area contributed by atoms with Crippen molar-refractivity contribution in [2.24, 2.45) is 0 Å². The second kappa shape index (κ2) is 6.64. The molecule has 4 N–H and O–H groups in total. The van der Waals surface area contributed by atoms with Crippen LogP contribution in [-0.2, 0) is 9.53 Å². The van der Waals surface area contributed by atoms with Gasteiger partial charge in [0.25, 0.3) is 0 Å². The molecule has 17 heavy (non-hydrogen) atoms. The van der Waals surface area contributed by atoms with E-state index in [1.165, 1.54) is 6.33 Å². The minimum absolute atomic E-state index is 0.126. The van der Waals surface area contributed by atoms with E-state index in [1.807, 2.05) is 0 Å². The lowest BCUT2D eigenvalue weighted by atomic mass is 10.3. The largest absolute Gasteiger partial charge is 0.383 e. The number of hydrogen-bond acceptors (Lipinski definition) is 6. The predicted octanol–water partition coefficient (Wildman–Crippen LogP) is -0.458. The smallest absolute Gasteiger partial charge is 0.239 e. The highest BCUT2D eigenvalue weighted by molar-refractivity contribution is 5.80. The van der Waals surface area contributed by atoms with Crippen molar-refractivity contribution in [3.8, 4) is 0 Å². The van der Waals surface area contributed by atoms with Crippen LogP contribution in [0.1, 0.15) is 5.56 Å². The van der Waals surface area contributed by atoms with Gasteiger partial charge in [0.15, 0.2) is 0 Å². The Labute approximate surface area is 99.8 Å². The van der Waals surface area contributed by atoms with Gasteiger partial charge in [-0.3, -0.25) is 4.79 Å². The third-order valence-electron chi connectivity index (χ3n) is 2.17. The van der Waals surface area contributed by atoms with E-state index in [2.05, 4.69) is 20.6 Å². The number of carbonyl (C=O) groups excluding carboxylic acids is 1. The first-order valence-electron chi connectivity index (χ1n) is 5.21. The van der Waals surface area contributed by atoms with Gasteiger partial charge < -0.3 is 21.1 Å². The number of ether oxygens (including phenoxy) is 1. The number of methoxy groups -OCH3 is 1. The number of nitrogens with one attached hydrogen (secondary N) is 2. The topological polar surface area (TPSA) is 102 Å². The van der Waals surface area contributed by atoms with Crippen molar-refractivity contribution in [2.75, 3.05) is 37.9 Å². The number of nitrogens with two attached hydrogens (primary N) is 1. The monoisotopic (exact) mass is 239 g/mol. The van der Waals surface area contributed by atoms with E-state index in [1.54, 1.807) is 14.0 Å². The lowest BCUT2D eigenvalue weighted by Crippen LogP contribution is -2.32. The summed E-state index contributed by atoms with van der Waals surface area (Å²) in [6.07, 6.45) is 1.35. The molecule has 7 heteroatoms. The maximum Gasteiger partial charge on any atom is 0.239 e. The molecule has 0 aliphatic rings. The van der Waals surface area contributed by atoms with Gasteiger partial charge in [-0.15, -0.1) is 0 Å². The molecule has 0 aromatic carbocycles. The summed E-state index contributed by atoms with van der Waals surface area (Å²) in [5.74, 6) is 0.848. The molecule has 1 heterocycles. The number of amides is 1. The van der Waals surface area contributed by atoms with Crippen LogP contribution in [0.15, 0.2) is 6.33 Å². The molecule has 1 amide bonds. The maximum absolute atomic E-state index is 11.4. The second-order valence-corrected chi connectivity index (χ2v) is 3.43. The lowest BCUT2D eigenvalue weighted by Gasteiger charge is -2.09. The Morgan fingerprint density at radius 3 is 3.00 bits per heavy atom. The van der Waals surface area contributed by atoms with Crippen molar-refractivity contribution in [3.63, 3.8) is 0 Å². The summed E-state index contributed by atoms with van der Waals surface area (Å²) in [4.78, 5) is 19.2. The van der Waals surface area contributed by atoms with Crippen molar-refractivity contribution >= 4 is 17.5 Å². The van der Waals surface area contributed by atoms with Gasteiger partial charge in [0.1, 0.15) is 18.0 Å². The van der Waals surface area contributed by atoms with E-state index in [0.29, 0.717) is 24.8 Å². The van der Waals surface area contributed by atoms with Crippen molar-refractivity contribution < 1.29 is 9.53 Å². The first-order valence-corrected chi connectivity index (χ1v) is 5.21. The first-order chi connectivity index (χ1) is 8.15. The zero-order valence-electron chi connectivity index (χ0n) is 9.99. The Morgan fingerprint density at radius 1 is 1.53 bits per heavy atom. The number of aromatic nitrogens is 2. The summed E-state index contributed by atoms with van der Waals surface area (Å²) in [7, 11) is 1.58. The number of nitrogen functional groups attached to an aromatic ring is 1. The molecule has 0 aliphatic heterocycles. The number of carbonyl (C=O) groups is 1. The van der Waals surface area contributed by atoms with Crippen molar-refractivity contribution in [1.82, 2.24) is 15.3 Å². The highest BCUT2D eigenvalue weighted by Gasteiger charge is 2.05. The minimum atomic E-state index is -0.126. The van der Waals surface area contributed by atoms with Crippen LogP contribution in [0.2, 0.25) is 0 Å². The van der Waals surface area contributed by atoms with Crippen LogP contribution in [0.4, 0.5) is 11.6 Å². The van der Waals surface area contributed by atoms with Crippen LogP contribution < -0.4 is 16.4 Å². The molecule has 0 bridgehead atoms. The normalized spacial score (nSPS) is 10.0. The lowest BCUT2D eigenvalue weighted by molar-refractivity contribution is -0.119. The van der Waals surface area contributed by atoms with E-state index in [9.17, 15) is 4.79 Å². The third-order valence-corrected chi connectivity index (χ3v) is 2.17. The molecule has 0 aliphatic carbocycles. The highest BCUT2D eigenvalue weighted by atomic mass is 16.5. The van der Waals surface area contributed by atoms with Crippen LogP contribution in [0.25, 0.3) is 0 Å². The zero-order valence-corrected chi connectivity index (χ0v) is 9.99. The number of anilines is 2. The van der Waals surface area contributed by atoms with Gasteiger partial charge in [0.05, 0.1) is 13.2 Å². The van der Waals surface area contributed by atoms with E-state index >= 15 is 0 Å². The highest BCUT2D eigenvalue weighted by Crippen LogP contribution is 2.14.